The van der Waals surface area contributed by atoms with Gasteiger partial charge in [0.15, 0.2) is 5.76 Å². The Bertz CT molecular complexity index is 719. The molecule has 0 bridgehead atoms. The molecule has 126 valence electrons. The Hall–Kier alpha value is -2.63. The number of carbonyl (C=O) groups excluding carboxylic acids is 2. The third-order valence-corrected chi connectivity index (χ3v) is 4.33. The molecule has 0 aromatic carbocycles. The van der Waals surface area contributed by atoms with E-state index in [1.807, 2.05) is 6.92 Å². The van der Waals surface area contributed by atoms with Gasteiger partial charge < -0.3 is 15.1 Å². The lowest BCUT2D eigenvalue weighted by Crippen LogP contribution is -2.25. The summed E-state index contributed by atoms with van der Waals surface area (Å²) >= 11 is 0. The molecule has 1 saturated carbocycles. The van der Waals surface area contributed by atoms with Crippen LogP contribution in [-0.2, 0) is 4.79 Å². The van der Waals surface area contributed by atoms with Crippen molar-refractivity contribution in [3.05, 3.63) is 42.0 Å². The zero-order valence-corrected chi connectivity index (χ0v) is 13.7. The molecule has 0 radical (unpaired) electrons. The van der Waals surface area contributed by atoms with Crippen molar-refractivity contribution in [3.63, 3.8) is 0 Å². The number of nitrogens with zero attached hydrogens (tertiary/aromatic N) is 1. The standard InChI is InChI=1S/C18H21N3O3/c1-12-10-16(21-17(22)13-6-3-2-4-7-13)19-11-14(12)20-18(23)15-8-5-9-24-15/h5,8-11,13H,2-4,6-7H2,1H3,(H,20,23)(H,19,21,22). The average Bonchev–Trinajstić information content (AvgIpc) is 3.13. The van der Waals surface area contributed by atoms with Crippen molar-refractivity contribution >= 4 is 23.3 Å². The van der Waals surface area contributed by atoms with Gasteiger partial charge in [-0.15, -0.1) is 0 Å². The number of hydrogen-bond donors (Lipinski definition) is 2. The van der Waals surface area contributed by atoms with Gasteiger partial charge in [-0.05, 0) is 43.5 Å². The summed E-state index contributed by atoms with van der Waals surface area (Å²) in [6.45, 7) is 1.86. The Balaban J connectivity index is 1.63. The van der Waals surface area contributed by atoms with Gasteiger partial charge in [0, 0.05) is 5.92 Å². The summed E-state index contributed by atoms with van der Waals surface area (Å²) in [7, 11) is 0. The molecule has 1 aliphatic carbocycles. The van der Waals surface area contributed by atoms with Crippen molar-refractivity contribution in [1.82, 2.24) is 4.98 Å². The SMILES string of the molecule is Cc1cc(NC(=O)C2CCCCC2)ncc1NC(=O)c1ccco1. The number of aryl methyl sites for hydroxylation is 1. The van der Waals surface area contributed by atoms with Gasteiger partial charge in [0.1, 0.15) is 5.82 Å². The molecule has 0 atom stereocenters. The first-order chi connectivity index (χ1) is 11.6. The topological polar surface area (TPSA) is 84.2 Å². The largest absolute Gasteiger partial charge is 0.459 e. The Morgan fingerprint density at radius 2 is 2.00 bits per heavy atom. The maximum atomic E-state index is 12.3. The third-order valence-electron chi connectivity index (χ3n) is 4.33. The van der Waals surface area contributed by atoms with Gasteiger partial charge in [-0.2, -0.15) is 0 Å². The van der Waals surface area contributed by atoms with Crippen LogP contribution in [0.4, 0.5) is 11.5 Å². The van der Waals surface area contributed by atoms with Crippen LogP contribution in [0.2, 0.25) is 0 Å². The smallest absolute Gasteiger partial charge is 0.291 e. The van der Waals surface area contributed by atoms with Crippen LogP contribution in [0.1, 0.15) is 48.2 Å². The van der Waals surface area contributed by atoms with E-state index in [4.69, 9.17) is 4.42 Å². The molecule has 6 nitrogen and oxygen atoms in total. The predicted molar refractivity (Wildman–Crippen MR) is 90.8 cm³/mol. The molecular formula is C18H21N3O3. The molecule has 3 rings (SSSR count). The van der Waals surface area contributed by atoms with E-state index in [9.17, 15) is 9.59 Å². The molecular weight excluding hydrogens is 306 g/mol. The van der Waals surface area contributed by atoms with Crippen LogP contribution in [0.5, 0.6) is 0 Å². The van der Waals surface area contributed by atoms with Crippen LogP contribution in [0.15, 0.2) is 35.1 Å². The molecule has 6 heteroatoms. The van der Waals surface area contributed by atoms with Crippen LogP contribution in [0.25, 0.3) is 0 Å². The number of amides is 2. The number of nitrogens with one attached hydrogen (secondary N) is 2. The van der Waals surface area contributed by atoms with Gasteiger partial charge in [0.2, 0.25) is 5.91 Å². The second kappa shape index (κ2) is 7.29. The number of carbonyl (C=O) groups is 2. The molecule has 2 aromatic heterocycles. The van der Waals surface area contributed by atoms with Crippen LogP contribution < -0.4 is 10.6 Å². The van der Waals surface area contributed by atoms with Crippen molar-refractivity contribution < 1.29 is 14.0 Å². The van der Waals surface area contributed by atoms with E-state index in [0.29, 0.717) is 11.5 Å². The first-order valence-electron chi connectivity index (χ1n) is 8.26. The van der Waals surface area contributed by atoms with Crippen molar-refractivity contribution in [2.75, 3.05) is 10.6 Å². The van der Waals surface area contributed by atoms with Crippen molar-refractivity contribution in [1.29, 1.82) is 0 Å². The molecule has 0 spiro atoms. The molecule has 24 heavy (non-hydrogen) atoms. The second-order valence-corrected chi connectivity index (χ2v) is 6.14. The van der Waals surface area contributed by atoms with Crippen LogP contribution >= 0.6 is 0 Å². The number of pyridine rings is 1. The van der Waals surface area contributed by atoms with Crippen molar-refractivity contribution in [2.45, 2.75) is 39.0 Å². The number of rotatable bonds is 4. The van der Waals surface area contributed by atoms with Gasteiger partial charge in [0.05, 0.1) is 18.1 Å². The van der Waals surface area contributed by atoms with E-state index in [1.165, 1.54) is 12.7 Å². The summed E-state index contributed by atoms with van der Waals surface area (Å²) < 4.78 is 5.06. The van der Waals surface area contributed by atoms with Gasteiger partial charge in [-0.3, -0.25) is 9.59 Å². The second-order valence-electron chi connectivity index (χ2n) is 6.14. The maximum absolute atomic E-state index is 12.3. The highest BCUT2D eigenvalue weighted by molar-refractivity contribution is 6.02. The first kappa shape index (κ1) is 16.2. The van der Waals surface area contributed by atoms with Crippen molar-refractivity contribution in [3.8, 4) is 0 Å². The van der Waals surface area contributed by atoms with E-state index in [2.05, 4.69) is 15.6 Å². The number of furan rings is 1. The van der Waals surface area contributed by atoms with Gasteiger partial charge in [-0.1, -0.05) is 19.3 Å². The molecule has 2 heterocycles. The Morgan fingerprint density at radius 3 is 2.67 bits per heavy atom. The summed E-state index contributed by atoms with van der Waals surface area (Å²) in [6, 6.07) is 5.01. The fraction of sp³-hybridized carbons (Fsp3) is 0.389. The predicted octanol–water partition coefficient (Wildman–Crippen LogP) is 3.75. The normalized spacial score (nSPS) is 15.0. The van der Waals surface area contributed by atoms with E-state index in [0.717, 1.165) is 31.2 Å². The van der Waals surface area contributed by atoms with E-state index >= 15 is 0 Å². The summed E-state index contributed by atoms with van der Waals surface area (Å²) in [6.07, 6.45) is 8.33. The summed E-state index contributed by atoms with van der Waals surface area (Å²) in [4.78, 5) is 28.5. The summed E-state index contributed by atoms with van der Waals surface area (Å²) in [5, 5.41) is 5.63. The minimum atomic E-state index is -0.330. The number of anilines is 2. The summed E-state index contributed by atoms with van der Waals surface area (Å²) in [5.74, 6) is 0.542. The molecule has 0 unspecified atom stereocenters. The lowest BCUT2D eigenvalue weighted by atomic mass is 9.89. The Morgan fingerprint density at radius 1 is 1.21 bits per heavy atom. The highest BCUT2D eigenvalue weighted by Crippen LogP contribution is 2.25. The van der Waals surface area contributed by atoms with Crippen LogP contribution in [-0.4, -0.2) is 16.8 Å². The van der Waals surface area contributed by atoms with Crippen molar-refractivity contribution in [2.24, 2.45) is 5.92 Å². The van der Waals surface area contributed by atoms with Gasteiger partial charge >= 0.3 is 0 Å². The van der Waals surface area contributed by atoms with E-state index < -0.39 is 0 Å². The fourth-order valence-electron chi connectivity index (χ4n) is 2.94. The van der Waals surface area contributed by atoms with E-state index in [-0.39, 0.29) is 23.5 Å². The Labute approximate surface area is 140 Å². The van der Waals surface area contributed by atoms with Gasteiger partial charge in [-0.25, -0.2) is 4.98 Å². The fourth-order valence-corrected chi connectivity index (χ4v) is 2.94. The number of hydrogen-bond acceptors (Lipinski definition) is 4. The Kier molecular flexibility index (Phi) is 4.93. The molecule has 0 saturated heterocycles. The molecule has 2 amide bonds. The molecule has 1 aliphatic rings. The third kappa shape index (κ3) is 3.82. The molecule has 0 aliphatic heterocycles. The highest BCUT2D eigenvalue weighted by Gasteiger charge is 2.21. The summed E-state index contributed by atoms with van der Waals surface area (Å²) in [5.41, 5.74) is 1.41. The highest BCUT2D eigenvalue weighted by atomic mass is 16.3. The first-order valence-corrected chi connectivity index (χ1v) is 8.26. The van der Waals surface area contributed by atoms with Gasteiger partial charge in [0.25, 0.3) is 5.91 Å². The quantitative estimate of drug-likeness (QED) is 0.895. The number of aromatic nitrogens is 1. The average molecular weight is 327 g/mol. The minimum absolute atomic E-state index is 0.0361. The van der Waals surface area contributed by atoms with Crippen LogP contribution in [0.3, 0.4) is 0 Å². The zero-order valence-electron chi connectivity index (χ0n) is 13.7. The lowest BCUT2D eigenvalue weighted by molar-refractivity contribution is -0.120. The van der Waals surface area contributed by atoms with E-state index in [1.54, 1.807) is 24.4 Å². The monoisotopic (exact) mass is 327 g/mol. The molecule has 1 fully saturated rings. The lowest BCUT2D eigenvalue weighted by Gasteiger charge is -2.20. The maximum Gasteiger partial charge on any atom is 0.291 e. The van der Waals surface area contributed by atoms with Crippen LogP contribution in [0, 0.1) is 12.8 Å². The minimum Gasteiger partial charge on any atom is -0.459 e. The molecule has 2 aromatic rings. The zero-order chi connectivity index (χ0) is 16.9. The molecule has 2 N–H and O–H groups in total.